The minimum absolute atomic E-state index is 0.0137. The fraction of sp³-hybridized carbons (Fsp3) is 0.500. The zero-order chi connectivity index (χ0) is 14.0. The second kappa shape index (κ2) is 5.40. The van der Waals surface area contributed by atoms with Crippen molar-refractivity contribution in [1.29, 1.82) is 0 Å². The highest BCUT2D eigenvalue weighted by molar-refractivity contribution is 6.32. The maximum absolute atomic E-state index is 13.0. The Morgan fingerprint density at radius 2 is 2.53 bits per heavy atom. The smallest absolute Gasteiger partial charge is 0.254 e. The number of aromatic nitrogens is 1. The number of rotatable bonds is 3. The third kappa shape index (κ3) is 3.02. The van der Waals surface area contributed by atoms with E-state index in [1.165, 1.54) is 0 Å². The van der Waals surface area contributed by atoms with Crippen molar-refractivity contribution in [3.8, 4) is 0 Å². The van der Waals surface area contributed by atoms with Crippen LogP contribution in [0.2, 0.25) is 5.15 Å². The van der Waals surface area contributed by atoms with Crippen molar-refractivity contribution in [3.05, 3.63) is 28.8 Å². The molecule has 0 spiro atoms. The van der Waals surface area contributed by atoms with Gasteiger partial charge in [-0.25, -0.2) is 9.37 Å². The van der Waals surface area contributed by atoms with Gasteiger partial charge in [0, 0.05) is 19.6 Å². The average Bonchev–Trinajstić information content (AvgIpc) is 2.70. The van der Waals surface area contributed by atoms with E-state index in [2.05, 4.69) is 10.3 Å². The Kier molecular flexibility index (Phi) is 4.03. The summed E-state index contributed by atoms with van der Waals surface area (Å²) >= 11 is 5.72. The van der Waals surface area contributed by atoms with Crippen LogP contribution in [-0.2, 0) is 4.74 Å². The second-order valence-electron chi connectivity index (χ2n) is 4.54. The van der Waals surface area contributed by atoms with Crippen LogP contribution in [0.5, 0.6) is 0 Å². The molecular formula is C12H14ClFN2O3. The van der Waals surface area contributed by atoms with Crippen molar-refractivity contribution >= 4 is 17.5 Å². The van der Waals surface area contributed by atoms with Gasteiger partial charge in [0.25, 0.3) is 5.91 Å². The van der Waals surface area contributed by atoms with Crippen LogP contribution >= 0.6 is 11.6 Å². The number of pyridine rings is 1. The summed E-state index contributed by atoms with van der Waals surface area (Å²) in [5.41, 5.74) is -1.17. The van der Waals surface area contributed by atoms with Crippen molar-refractivity contribution < 1.29 is 19.0 Å². The first kappa shape index (κ1) is 14.2. The molecule has 1 amide bonds. The summed E-state index contributed by atoms with van der Waals surface area (Å²) in [4.78, 5) is 15.4. The van der Waals surface area contributed by atoms with E-state index < -0.39 is 17.3 Å². The number of carbonyl (C=O) groups excluding carboxylic acids is 1. The Morgan fingerprint density at radius 1 is 1.79 bits per heavy atom. The summed E-state index contributed by atoms with van der Waals surface area (Å²) in [6, 6.07) is 1.00. The first-order chi connectivity index (χ1) is 8.92. The zero-order valence-electron chi connectivity index (χ0n) is 10.3. The van der Waals surface area contributed by atoms with Crippen molar-refractivity contribution in [3.63, 3.8) is 0 Å². The fourth-order valence-corrected chi connectivity index (χ4v) is 2.10. The molecule has 2 atom stereocenters. The maximum Gasteiger partial charge on any atom is 0.254 e. The summed E-state index contributed by atoms with van der Waals surface area (Å²) in [6.07, 6.45) is 0.997. The molecule has 19 heavy (non-hydrogen) atoms. The number of aliphatic hydroxyl groups is 1. The lowest BCUT2D eigenvalue weighted by atomic mass is 9.96. The lowest BCUT2D eigenvalue weighted by molar-refractivity contribution is -0.0251. The molecule has 2 unspecified atom stereocenters. The molecule has 2 rings (SSSR count). The maximum atomic E-state index is 13.0. The first-order valence-corrected chi connectivity index (χ1v) is 6.23. The van der Waals surface area contributed by atoms with Crippen LogP contribution < -0.4 is 5.32 Å². The summed E-state index contributed by atoms with van der Waals surface area (Å²) in [7, 11) is 0. The van der Waals surface area contributed by atoms with Crippen LogP contribution in [0.3, 0.4) is 0 Å². The molecule has 0 saturated carbocycles. The van der Waals surface area contributed by atoms with Crippen molar-refractivity contribution in [2.75, 3.05) is 13.2 Å². The van der Waals surface area contributed by atoms with Gasteiger partial charge in [-0.2, -0.15) is 0 Å². The van der Waals surface area contributed by atoms with Crippen LogP contribution in [0.25, 0.3) is 0 Å². The van der Waals surface area contributed by atoms with Gasteiger partial charge in [-0.3, -0.25) is 4.79 Å². The SMILES string of the molecule is CC1OCCC1(O)CNC(=O)c1cc(F)cnc1Cl. The van der Waals surface area contributed by atoms with Gasteiger partial charge in [0.1, 0.15) is 16.6 Å². The lowest BCUT2D eigenvalue weighted by Crippen LogP contribution is -2.47. The van der Waals surface area contributed by atoms with Gasteiger partial charge in [0.2, 0.25) is 0 Å². The standard InChI is InChI=1S/C12H14ClFN2O3/c1-7-12(18,2-3-19-7)6-16-11(17)9-4-8(14)5-15-10(9)13/h4-5,7,18H,2-3,6H2,1H3,(H,16,17). The number of hydrogen-bond donors (Lipinski definition) is 2. The zero-order valence-corrected chi connectivity index (χ0v) is 11.1. The van der Waals surface area contributed by atoms with Gasteiger partial charge >= 0.3 is 0 Å². The molecule has 0 aromatic carbocycles. The van der Waals surface area contributed by atoms with Crippen LogP contribution in [0.1, 0.15) is 23.7 Å². The molecule has 0 aliphatic carbocycles. The molecular weight excluding hydrogens is 275 g/mol. The van der Waals surface area contributed by atoms with E-state index in [1.54, 1.807) is 6.92 Å². The molecule has 2 heterocycles. The lowest BCUT2D eigenvalue weighted by Gasteiger charge is -2.26. The Labute approximate surface area is 114 Å². The third-order valence-electron chi connectivity index (χ3n) is 3.26. The van der Waals surface area contributed by atoms with Gasteiger partial charge in [0.15, 0.2) is 0 Å². The van der Waals surface area contributed by atoms with Gasteiger partial charge < -0.3 is 15.2 Å². The molecule has 1 aromatic rings. The number of carbonyl (C=O) groups is 1. The fourth-order valence-electron chi connectivity index (χ4n) is 1.91. The predicted octanol–water partition coefficient (Wildman–Crippen LogP) is 1.14. The van der Waals surface area contributed by atoms with Gasteiger partial charge in [-0.1, -0.05) is 11.6 Å². The quantitative estimate of drug-likeness (QED) is 0.819. The third-order valence-corrected chi connectivity index (χ3v) is 3.57. The summed E-state index contributed by atoms with van der Waals surface area (Å²) < 4.78 is 18.3. The normalized spacial score (nSPS) is 26.4. The van der Waals surface area contributed by atoms with E-state index in [9.17, 15) is 14.3 Å². The van der Waals surface area contributed by atoms with Gasteiger partial charge in [-0.15, -0.1) is 0 Å². The minimum atomic E-state index is -1.11. The van der Waals surface area contributed by atoms with Crippen LogP contribution in [-0.4, -0.2) is 40.9 Å². The number of nitrogens with zero attached hydrogens (tertiary/aromatic N) is 1. The Hall–Kier alpha value is -1.24. The molecule has 1 aromatic heterocycles. The Balaban J connectivity index is 2.03. The van der Waals surface area contributed by atoms with Crippen molar-refractivity contribution in [2.24, 2.45) is 0 Å². The van der Waals surface area contributed by atoms with Crippen LogP contribution in [0.15, 0.2) is 12.3 Å². The molecule has 1 fully saturated rings. The highest BCUT2D eigenvalue weighted by atomic mass is 35.5. The molecule has 0 bridgehead atoms. The van der Waals surface area contributed by atoms with Crippen LogP contribution in [0, 0.1) is 5.82 Å². The summed E-state index contributed by atoms with van der Waals surface area (Å²) in [6.45, 7) is 2.19. The van der Waals surface area contributed by atoms with E-state index >= 15 is 0 Å². The monoisotopic (exact) mass is 288 g/mol. The number of halogens is 2. The number of ether oxygens (including phenoxy) is 1. The number of amides is 1. The van der Waals surface area contributed by atoms with E-state index in [4.69, 9.17) is 16.3 Å². The summed E-state index contributed by atoms with van der Waals surface area (Å²) in [5.74, 6) is -1.23. The number of hydrogen-bond acceptors (Lipinski definition) is 4. The molecule has 1 saturated heterocycles. The van der Waals surface area contributed by atoms with Gasteiger partial charge in [0.05, 0.1) is 17.9 Å². The van der Waals surface area contributed by atoms with E-state index in [-0.39, 0.29) is 23.4 Å². The summed E-state index contributed by atoms with van der Waals surface area (Å²) in [5, 5.41) is 12.7. The molecule has 1 aliphatic heterocycles. The largest absolute Gasteiger partial charge is 0.385 e. The molecule has 104 valence electrons. The molecule has 7 heteroatoms. The molecule has 0 radical (unpaired) electrons. The predicted molar refractivity (Wildman–Crippen MR) is 66.5 cm³/mol. The molecule has 2 N–H and O–H groups in total. The average molecular weight is 289 g/mol. The van der Waals surface area contributed by atoms with Crippen LogP contribution in [0.4, 0.5) is 4.39 Å². The van der Waals surface area contributed by atoms with E-state index in [1.807, 2.05) is 0 Å². The molecule has 5 nitrogen and oxygen atoms in total. The highest BCUT2D eigenvalue weighted by Crippen LogP contribution is 2.25. The minimum Gasteiger partial charge on any atom is -0.385 e. The van der Waals surface area contributed by atoms with E-state index in [0.29, 0.717) is 13.0 Å². The topological polar surface area (TPSA) is 71.5 Å². The highest BCUT2D eigenvalue weighted by Gasteiger charge is 2.39. The van der Waals surface area contributed by atoms with Crippen molar-refractivity contribution in [2.45, 2.75) is 25.0 Å². The van der Waals surface area contributed by atoms with Crippen molar-refractivity contribution in [1.82, 2.24) is 10.3 Å². The number of nitrogens with one attached hydrogen (secondary N) is 1. The first-order valence-electron chi connectivity index (χ1n) is 5.85. The Morgan fingerprint density at radius 3 is 3.16 bits per heavy atom. The van der Waals surface area contributed by atoms with E-state index in [0.717, 1.165) is 12.3 Å². The van der Waals surface area contributed by atoms with Gasteiger partial charge in [-0.05, 0) is 13.0 Å². The second-order valence-corrected chi connectivity index (χ2v) is 4.90. The Bertz CT molecular complexity index is 500. The molecule has 1 aliphatic rings.